The molecular weight excluding hydrogens is 502 g/mol. The second-order valence-electron chi connectivity index (χ2n) is 9.36. The van der Waals surface area contributed by atoms with E-state index in [1.165, 1.54) is 24.3 Å². The highest BCUT2D eigenvalue weighted by Gasteiger charge is 2.29. The number of alkyl halides is 3. The summed E-state index contributed by atoms with van der Waals surface area (Å²) in [5, 5.41) is 1.09. The minimum atomic E-state index is -4.39. The Morgan fingerprint density at radius 3 is 2.03 bits per heavy atom. The van der Waals surface area contributed by atoms with Crippen molar-refractivity contribution in [3.8, 4) is 5.75 Å². The van der Waals surface area contributed by atoms with Crippen molar-refractivity contribution in [2.45, 2.75) is 51.6 Å². The maximum atomic E-state index is 15.2. The summed E-state index contributed by atoms with van der Waals surface area (Å²) in [6.07, 6.45) is -1.42. The van der Waals surface area contributed by atoms with E-state index < -0.39 is 23.4 Å². The van der Waals surface area contributed by atoms with Crippen LogP contribution in [0.4, 0.5) is 26.3 Å². The third kappa shape index (κ3) is 6.69. The fraction of sp³-hybridized carbons (Fsp3) is 0.290. The molecule has 0 radical (unpaired) electrons. The SMILES string of the molecule is CCCCOc1cc(F)c(CCc2ccc3c(F)c(CCc4ccc(C(F)(F)F)cc4)ccc3c2)c(F)c1. The van der Waals surface area contributed by atoms with Crippen molar-refractivity contribution in [1.82, 2.24) is 0 Å². The Balaban J connectivity index is 1.42. The monoisotopic (exact) mass is 530 g/mol. The molecule has 0 saturated carbocycles. The Morgan fingerprint density at radius 2 is 1.37 bits per heavy atom. The van der Waals surface area contributed by atoms with Gasteiger partial charge in [-0.25, -0.2) is 13.2 Å². The molecule has 1 nitrogen and oxygen atoms in total. The Kier molecular flexibility index (Phi) is 8.65. The number of aryl methyl sites for hydroxylation is 3. The van der Waals surface area contributed by atoms with E-state index in [9.17, 15) is 22.0 Å². The highest BCUT2D eigenvalue weighted by molar-refractivity contribution is 5.84. The summed E-state index contributed by atoms with van der Waals surface area (Å²) in [6.45, 7) is 2.40. The quantitative estimate of drug-likeness (QED) is 0.147. The van der Waals surface area contributed by atoms with Crippen LogP contribution in [0.2, 0.25) is 0 Å². The maximum absolute atomic E-state index is 15.2. The molecule has 0 heterocycles. The summed E-state index contributed by atoms with van der Waals surface area (Å²) in [5.74, 6) is -1.51. The summed E-state index contributed by atoms with van der Waals surface area (Å²) >= 11 is 0. The number of benzene rings is 4. The number of rotatable bonds is 10. The number of unbranched alkanes of at least 4 members (excludes halogenated alkanes) is 1. The van der Waals surface area contributed by atoms with Crippen LogP contribution < -0.4 is 4.74 Å². The fourth-order valence-corrected chi connectivity index (χ4v) is 4.38. The molecule has 0 spiro atoms. The molecule has 0 fully saturated rings. The number of halogens is 6. The van der Waals surface area contributed by atoms with Crippen molar-refractivity contribution >= 4 is 10.8 Å². The van der Waals surface area contributed by atoms with Gasteiger partial charge in [0.15, 0.2) is 0 Å². The van der Waals surface area contributed by atoms with Crippen LogP contribution in [0.3, 0.4) is 0 Å². The molecule has 4 rings (SSSR count). The van der Waals surface area contributed by atoms with Crippen LogP contribution in [-0.2, 0) is 31.9 Å². The molecule has 4 aromatic carbocycles. The van der Waals surface area contributed by atoms with Crippen molar-refractivity contribution in [3.05, 3.63) is 112 Å². The Hall–Kier alpha value is -3.48. The van der Waals surface area contributed by atoms with E-state index in [4.69, 9.17) is 4.74 Å². The molecule has 0 aliphatic heterocycles. The molecular formula is C31H28F6O. The maximum Gasteiger partial charge on any atom is 0.416 e. The van der Waals surface area contributed by atoms with Gasteiger partial charge in [-0.2, -0.15) is 13.2 Å². The van der Waals surface area contributed by atoms with Crippen LogP contribution in [0.1, 0.15) is 47.6 Å². The molecule has 200 valence electrons. The average Bonchev–Trinajstić information content (AvgIpc) is 2.88. The minimum Gasteiger partial charge on any atom is -0.493 e. The van der Waals surface area contributed by atoms with Gasteiger partial charge in [-0.3, -0.25) is 0 Å². The smallest absolute Gasteiger partial charge is 0.416 e. The van der Waals surface area contributed by atoms with Crippen LogP contribution in [0, 0.1) is 17.5 Å². The first-order valence-electron chi connectivity index (χ1n) is 12.6. The van der Waals surface area contributed by atoms with Crippen LogP contribution >= 0.6 is 0 Å². The van der Waals surface area contributed by atoms with Gasteiger partial charge in [0, 0.05) is 23.1 Å². The lowest BCUT2D eigenvalue weighted by Crippen LogP contribution is -2.04. The lowest BCUT2D eigenvalue weighted by molar-refractivity contribution is -0.137. The Labute approximate surface area is 218 Å². The predicted molar refractivity (Wildman–Crippen MR) is 137 cm³/mol. The zero-order valence-corrected chi connectivity index (χ0v) is 21.0. The molecule has 0 atom stereocenters. The molecule has 38 heavy (non-hydrogen) atoms. The van der Waals surface area contributed by atoms with Gasteiger partial charge in [-0.15, -0.1) is 0 Å². The van der Waals surface area contributed by atoms with Gasteiger partial charge >= 0.3 is 6.18 Å². The second kappa shape index (κ2) is 11.9. The van der Waals surface area contributed by atoms with E-state index in [0.717, 1.165) is 30.5 Å². The molecule has 7 heteroatoms. The summed E-state index contributed by atoms with van der Waals surface area (Å²) < 4.78 is 87.8. The van der Waals surface area contributed by atoms with E-state index in [1.807, 2.05) is 6.92 Å². The zero-order chi connectivity index (χ0) is 27.3. The second-order valence-corrected chi connectivity index (χ2v) is 9.36. The van der Waals surface area contributed by atoms with Crippen LogP contribution in [-0.4, -0.2) is 6.61 Å². The third-order valence-electron chi connectivity index (χ3n) is 6.61. The number of hydrogen-bond donors (Lipinski definition) is 0. The van der Waals surface area contributed by atoms with E-state index >= 15 is 4.39 Å². The van der Waals surface area contributed by atoms with Crippen molar-refractivity contribution < 1.29 is 31.1 Å². The van der Waals surface area contributed by atoms with E-state index in [0.29, 0.717) is 47.8 Å². The molecule has 0 amide bonds. The van der Waals surface area contributed by atoms with Gasteiger partial charge < -0.3 is 4.74 Å². The number of fused-ring (bicyclic) bond motifs is 1. The number of hydrogen-bond acceptors (Lipinski definition) is 1. The van der Waals surface area contributed by atoms with Gasteiger partial charge in [0.1, 0.15) is 23.2 Å². The first-order valence-corrected chi connectivity index (χ1v) is 12.6. The lowest BCUT2D eigenvalue weighted by atomic mass is 9.97. The molecule has 0 N–H and O–H groups in total. The summed E-state index contributed by atoms with van der Waals surface area (Å²) in [5.41, 5.74) is 1.24. The van der Waals surface area contributed by atoms with E-state index in [2.05, 4.69) is 0 Å². The Bertz CT molecular complexity index is 1370. The van der Waals surface area contributed by atoms with Gasteiger partial charge in [-0.1, -0.05) is 55.8 Å². The van der Waals surface area contributed by atoms with Gasteiger partial charge in [0.25, 0.3) is 0 Å². The van der Waals surface area contributed by atoms with Crippen molar-refractivity contribution in [3.63, 3.8) is 0 Å². The fourth-order valence-electron chi connectivity index (χ4n) is 4.38. The molecule has 4 aromatic rings. The summed E-state index contributed by atoms with van der Waals surface area (Å²) in [4.78, 5) is 0. The molecule has 0 aliphatic rings. The first kappa shape index (κ1) is 27.6. The number of ether oxygens (including phenoxy) is 1. The molecule has 0 unspecified atom stereocenters. The largest absolute Gasteiger partial charge is 0.493 e. The molecule has 0 saturated heterocycles. The molecule has 0 aliphatic carbocycles. The standard InChI is InChI=1S/C31H28F6O/c1-2-3-16-38-25-18-28(32)27(29(33)19-25)15-8-21-7-14-26-23(17-21)11-10-22(30(26)34)9-4-20-5-12-24(13-6-20)31(35,36)37/h5-7,10-14,17-19H,2-4,8-9,15-16H2,1H3. The molecule has 0 bridgehead atoms. The van der Waals surface area contributed by atoms with Crippen LogP contribution in [0.25, 0.3) is 10.8 Å². The Morgan fingerprint density at radius 1 is 0.711 bits per heavy atom. The highest BCUT2D eigenvalue weighted by atomic mass is 19.4. The van der Waals surface area contributed by atoms with Crippen LogP contribution in [0.5, 0.6) is 5.75 Å². The van der Waals surface area contributed by atoms with E-state index in [-0.39, 0.29) is 23.6 Å². The van der Waals surface area contributed by atoms with Gasteiger partial charge in [0.05, 0.1) is 12.2 Å². The zero-order valence-electron chi connectivity index (χ0n) is 21.0. The van der Waals surface area contributed by atoms with Crippen molar-refractivity contribution in [2.24, 2.45) is 0 Å². The molecule has 0 aromatic heterocycles. The normalized spacial score (nSPS) is 11.8. The van der Waals surface area contributed by atoms with Gasteiger partial charge in [-0.05, 0) is 66.3 Å². The lowest BCUT2D eigenvalue weighted by Gasteiger charge is -2.11. The summed E-state index contributed by atoms with van der Waals surface area (Å²) in [7, 11) is 0. The first-order chi connectivity index (χ1) is 18.2. The topological polar surface area (TPSA) is 9.23 Å². The average molecular weight is 531 g/mol. The van der Waals surface area contributed by atoms with Crippen LogP contribution in [0.15, 0.2) is 66.7 Å². The third-order valence-corrected chi connectivity index (χ3v) is 6.61. The van der Waals surface area contributed by atoms with Crippen molar-refractivity contribution in [1.29, 1.82) is 0 Å². The van der Waals surface area contributed by atoms with Gasteiger partial charge in [0.2, 0.25) is 0 Å². The predicted octanol–water partition coefficient (Wildman–Crippen LogP) is 9.03. The highest BCUT2D eigenvalue weighted by Crippen LogP contribution is 2.30. The minimum absolute atomic E-state index is 0.0160. The van der Waals surface area contributed by atoms with Crippen molar-refractivity contribution in [2.75, 3.05) is 6.61 Å². The van der Waals surface area contributed by atoms with E-state index in [1.54, 1.807) is 30.3 Å². The summed E-state index contributed by atoms with van der Waals surface area (Å²) in [6, 6.07) is 15.9.